The summed E-state index contributed by atoms with van der Waals surface area (Å²) in [6, 6.07) is 11.6. The molecule has 0 amide bonds. The zero-order chi connectivity index (χ0) is 15.7. The standard InChI is InChI=1S/C16H14O5S/c1-20-14-7-2-3-8-15(14)21-10-12-9-11-5-4-6-13(17)16(11)22(12,18)19/h2-9,17H,10H2,1H3. The molecule has 0 spiro atoms. The quantitative estimate of drug-likeness (QED) is 0.938. The number of methoxy groups -OCH3 is 1. The van der Waals surface area contributed by atoms with E-state index in [0.29, 0.717) is 17.1 Å². The van der Waals surface area contributed by atoms with E-state index in [9.17, 15) is 13.5 Å². The number of fused-ring (bicyclic) bond motifs is 1. The third-order valence-electron chi connectivity index (χ3n) is 3.39. The van der Waals surface area contributed by atoms with Gasteiger partial charge >= 0.3 is 0 Å². The van der Waals surface area contributed by atoms with Crippen LogP contribution in [0.25, 0.3) is 6.08 Å². The fourth-order valence-electron chi connectivity index (χ4n) is 2.34. The van der Waals surface area contributed by atoms with Gasteiger partial charge in [-0.1, -0.05) is 24.3 Å². The minimum Gasteiger partial charge on any atom is -0.507 e. The largest absolute Gasteiger partial charge is 0.507 e. The smallest absolute Gasteiger partial charge is 0.210 e. The predicted octanol–water partition coefficient (Wildman–Crippen LogP) is 2.61. The predicted molar refractivity (Wildman–Crippen MR) is 81.8 cm³/mol. The van der Waals surface area contributed by atoms with E-state index in [2.05, 4.69) is 0 Å². The molecule has 1 aliphatic heterocycles. The molecule has 6 heteroatoms. The van der Waals surface area contributed by atoms with Crippen molar-refractivity contribution in [2.45, 2.75) is 4.90 Å². The SMILES string of the molecule is COc1ccccc1OCC1=Cc2cccc(O)c2S1(=O)=O. The van der Waals surface area contributed by atoms with Gasteiger partial charge in [0.05, 0.1) is 12.0 Å². The van der Waals surface area contributed by atoms with Crippen molar-refractivity contribution in [1.29, 1.82) is 0 Å². The Morgan fingerprint density at radius 3 is 2.45 bits per heavy atom. The highest BCUT2D eigenvalue weighted by Crippen LogP contribution is 2.39. The zero-order valence-electron chi connectivity index (χ0n) is 11.8. The van der Waals surface area contributed by atoms with Crippen LogP contribution < -0.4 is 9.47 Å². The van der Waals surface area contributed by atoms with Gasteiger partial charge in [0.15, 0.2) is 11.5 Å². The molecule has 0 aromatic heterocycles. The molecular weight excluding hydrogens is 304 g/mol. The van der Waals surface area contributed by atoms with Crippen molar-refractivity contribution in [3.8, 4) is 17.2 Å². The highest BCUT2D eigenvalue weighted by molar-refractivity contribution is 7.96. The maximum Gasteiger partial charge on any atom is 0.210 e. The fourth-order valence-corrected chi connectivity index (χ4v) is 3.88. The van der Waals surface area contributed by atoms with Gasteiger partial charge in [-0.2, -0.15) is 0 Å². The van der Waals surface area contributed by atoms with Crippen LogP contribution in [0.4, 0.5) is 0 Å². The molecule has 0 atom stereocenters. The van der Waals surface area contributed by atoms with Crippen LogP contribution in [0, 0.1) is 0 Å². The zero-order valence-corrected chi connectivity index (χ0v) is 12.6. The summed E-state index contributed by atoms with van der Waals surface area (Å²) in [5.74, 6) is 0.737. The number of phenolic OH excluding ortho intramolecular Hbond substituents is 1. The minimum atomic E-state index is -3.72. The average Bonchev–Trinajstić information content (AvgIpc) is 2.77. The van der Waals surface area contributed by atoms with E-state index in [-0.39, 0.29) is 22.2 Å². The second-order valence-electron chi connectivity index (χ2n) is 4.75. The highest BCUT2D eigenvalue weighted by atomic mass is 32.2. The molecular formula is C16H14O5S. The van der Waals surface area contributed by atoms with Crippen LogP contribution in [-0.4, -0.2) is 27.2 Å². The third kappa shape index (κ3) is 2.31. The molecule has 114 valence electrons. The molecule has 1 aliphatic rings. The van der Waals surface area contributed by atoms with E-state index in [0.717, 1.165) is 0 Å². The van der Waals surface area contributed by atoms with Gasteiger partial charge in [-0.05, 0) is 29.8 Å². The lowest BCUT2D eigenvalue weighted by molar-refractivity contribution is 0.324. The van der Waals surface area contributed by atoms with Crippen molar-refractivity contribution < 1.29 is 23.0 Å². The summed E-state index contributed by atoms with van der Waals surface area (Å²) in [6.07, 6.45) is 1.51. The van der Waals surface area contributed by atoms with Gasteiger partial charge < -0.3 is 14.6 Å². The third-order valence-corrected chi connectivity index (χ3v) is 5.30. The summed E-state index contributed by atoms with van der Waals surface area (Å²) >= 11 is 0. The van der Waals surface area contributed by atoms with Gasteiger partial charge in [-0.25, -0.2) is 8.42 Å². The first kappa shape index (κ1) is 14.5. The average molecular weight is 318 g/mol. The molecule has 0 unspecified atom stereocenters. The Kier molecular flexibility index (Phi) is 3.54. The molecule has 1 N–H and O–H groups in total. The number of sulfone groups is 1. The second-order valence-corrected chi connectivity index (χ2v) is 6.69. The normalized spacial score (nSPS) is 15.0. The van der Waals surface area contributed by atoms with E-state index < -0.39 is 9.84 Å². The molecule has 0 saturated heterocycles. The molecule has 22 heavy (non-hydrogen) atoms. The monoisotopic (exact) mass is 318 g/mol. The number of para-hydroxylation sites is 2. The Balaban J connectivity index is 1.88. The maximum atomic E-state index is 12.4. The number of rotatable bonds is 4. The summed E-state index contributed by atoms with van der Waals surface area (Å²) in [5.41, 5.74) is 0.471. The van der Waals surface area contributed by atoms with Crippen molar-refractivity contribution >= 4 is 15.9 Å². The van der Waals surface area contributed by atoms with Crippen LogP contribution in [0.15, 0.2) is 52.3 Å². The van der Waals surface area contributed by atoms with E-state index in [4.69, 9.17) is 9.47 Å². The van der Waals surface area contributed by atoms with Gasteiger partial charge in [0.25, 0.3) is 0 Å². The molecule has 0 fully saturated rings. The topological polar surface area (TPSA) is 72.8 Å². The van der Waals surface area contributed by atoms with E-state index >= 15 is 0 Å². The molecule has 0 saturated carbocycles. The molecule has 5 nitrogen and oxygen atoms in total. The lowest BCUT2D eigenvalue weighted by atomic mass is 10.2. The van der Waals surface area contributed by atoms with E-state index in [1.807, 2.05) is 0 Å². The Hall–Kier alpha value is -2.47. The Labute approximate surface area is 128 Å². The molecule has 1 heterocycles. The first-order chi connectivity index (χ1) is 10.5. The molecule has 0 aliphatic carbocycles. The Bertz CT molecular complexity index is 853. The van der Waals surface area contributed by atoms with E-state index in [1.54, 1.807) is 36.4 Å². The summed E-state index contributed by atoms with van der Waals surface area (Å²) in [5, 5.41) is 9.78. The number of hydrogen-bond donors (Lipinski definition) is 1. The van der Waals surface area contributed by atoms with Crippen LogP contribution in [-0.2, 0) is 9.84 Å². The van der Waals surface area contributed by atoms with Crippen molar-refractivity contribution in [2.24, 2.45) is 0 Å². The van der Waals surface area contributed by atoms with E-state index in [1.165, 1.54) is 19.3 Å². The summed E-state index contributed by atoms with van der Waals surface area (Å²) < 4.78 is 35.6. The number of phenols is 1. The van der Waals surface area contributed by atoms with Crippen molar-refractivity contribution in [3.05, 3.63) is 52.9 Å². The number of benzene rings is 2. The molecule has 0 bridgehead atoms. The Morgan fingerprint density at radius 2 is 1.77 bits per heavy atom. The second kappa shape index (κ2) is 5.38. The summed E-state index contributed by atoms with van der Waals surface area (Å²) in [4.78, 5) is 0.0449. The van der Waals surface area contributed by atoms with Crippen LogP contribution >= 0.6 is 0 Å². The number of hydrogen-bond acceptors (Lipinski definition) is 5. The fraction of sp³-hybridized carbons (Fsp3) is 0.125. The minimum absolute atomic E-state index is 0.0615. The van der Waals surface area contributed by atoms with Crippen LogP contribution in [0.2, 0.25) is 0 Å². The van der Waals surface area contributed by atoms with Crippen LogP contribution in [0.5, 0.6) is 17.2 Å². The number of aromatic hydroxyl groups is 1. The molecule has 3 rings (SSSR count). The molecule has 2 aromatic rings. The van der Waals surface area contributed by atoms with Gasteiger partial charge in [0.2, 0.25) is 9.84 Å². The summed E-state index contributed by atoms with van der Waals surface area (Å²) in [6.45, 7) is -0.128. The highest BCUT2D eigenvalue weighted by Gasteiger charge is 2.32. The molecule has 0 radical (unpaired) electrons. The summed E-state index contributed by atoms with van der Waals surface area (Å²) in [7, 11) is -2.21. The maximum absolute atomic E-state index is 12.4. The van der Waals surface area contributed by atoms with Crippen molar-refractivity contribution in [3.63, 3.8) is 0 Å². The van der Waals surface area contributed by atoms with Gasteiger partial charge in [0.1, 0.15) is 17.3 Å². The van der Waals surface area contributed by atoms with Gasteiger partial charge in [-0.3, -0.25) is 0 Å². The lowest BCUT2D eigenvalue weighted by Gasteiger charge is -2.11. The lowest BCUT2D eigenvalue weighted by Crippen LogP contribution is -2.09. The van der Waals surface area contributed by atoms with Crippen molar-refractivity contribution in [1.82, 2.24) is 0 Å². The van der Waals surface area contributed by atoms with Crippen molar-refractivity contribution in [2.75, 3.05) is 13.7 Å². The van der Waals surface area contributed by atoms with Gasteiger partial charge in [0, 0.05) is 0 Å². The van der Waals surface area contributed by atoms with Crippen LogP contribution in [0.3, 0.4) is 0 Å². The first-order valence-electron chi connectivity index (χ1n) is 6.57. The first-order valence-corrected chi connectivity index (χ1v) is 8.06. The Morgan fingerprint density at radius 1 is 1.05 bits per heavy atom. The van der Waals surface area contributed by atoms with Crippen LogP contribution in [0.1, 0.15) is 5.56 Å². The van der Waals surface area contributed by atoms with Gasteiger partial charge in [-0.15, -0.1) is 0 Å². The number of ether oxygens (including phenoxy) is 2. The molecule has 2 aromatic carbocycles.